The number of carbonyl (C=O) groups excluding carboxylic acids is 1. The van der Waals surface area contributed by atoms with E-state index < -0.39 is 0 Å². The van der Waals surface area contributed by atoms with E-state index in [0.29, 0.717) is 9.90 Å². The maximum atomic E-state index is 12.5. The summed E-state index contributed by atoms with van der Waals surface area (Å²) < 4.78 is 2.81. The minimum atomic E-state index is -0.151. The molecule has 3 aromatic rings. The van der Waals surface area contributed by atoms with Crippen molar-refractivity contribution in [3.05, 3.63) is 51.6 Å². The van der Waals surface area contributed by atoms with Crippen molar-refractivity contribution in [3.8, 4) is 0 Å². The highest BCUT2D eigenvalue weighted by molar-refractivity contribution is 7.21. The monoisotopic (exact) mass is 333 g/mol. The number of hydrogen-bond donors (Lipinski definition) is 1. The average Bonchev–Trinajstić information content (AvgIpc) is 3.01. The van der Waals surface area contributed by atoms with Gasteiger partial charge in [-0.2, -0.15) is 5.10 Å². The fraction of sp³-hybridized carbons (Fsp3) is 0.250. The van der Waals surface area contributed by atoms with E-state index in [0.717, 1.165) is 21.3 Å². The molecule has 0 radical (unpaired) electrons. The van der Waals surface area contributed by atoms with E-state index in [1.807, 2.05) is 45.2 Å². The molecular weight excluding hydrogens is 318 g/mol. The fourth-order valence-electron chi connectivity index (χ4n) is 2.44. The van der Waals surface area contributed by atoms with Crippen LogP contribution in [0.2, 0.25) is 5.02 Å². The van der Waals surface area contributed by atoms with Gasteiger partial charge in [-0.1, -0.05) is 29.8 Å². The average molecular weight is 334 g/mol. The van der Waals surface area contributed by atoms with Crippen LogP contribution >= 0.6 is 22.9 Å². The van der Waals surface area contributed by atoms with Gasteiger partial charge in [-0.25, -0.2) is 0 Å². The Labute approximate surface area is 137 Å². The summed E-state index contributed by atoms with van der Waals surface area (Å²) >= 11 is 7.76. The van der Waals surface area contributed by atoms with E-state index in [1.54, 1.807) is 10.9 Å². The van der Waals surface area contributed by atoms with Crippen molar-refractivity contribution < 1.29 is 4.79 Å². The summed E-state index contributed by atoms with van der Waals surface area (Å²) in [7, 11) is 1.89. The molecule has 0 bridgehead atoms. The number of aryl methyl sites for hydroxylation is 1. The molecule has 0 saturated heterocycles. The molecule has 1 N–H and O–H groups in total. The summed E-state index contributed by atoms with van der Waals surface area (Å²) in [6, 6.07) is 7.64. The highest BCUT2D eigenvalue weighted by Gasteiger charge is 2.20. The van der Waals surface area contributed by atoms with Crippen molar-refractivity contribution in [2.24, 2.45) is 7.05 Å². The lowest BCUT2D eigenvalue weighted by Crippen LogP contribution is -2.26. The van der Waals surface area contributed by atoms with Gasteiger partial charge in [0, 0.05) is 28.4 Å². The lowest BCUT2D eigenvalue weighted by molar-refractivity contribution is 0.0944. The first-order valence-corrected chi connectivity index (χ1v) is 8.15. The molecule has 0 spiro atoms. The minimum Gasteiger partial charge on any atom is -0.345 e. The van der Waals surface area contributed by atoms with E-state index in [2.05, 4.69) is 10.4 Å². The van der Waals surface area contributed by atoms with Gasteiger partial charge in [0.05, 0.1) is 17.3 Å². The van der Waals surface area contributed by atoms with Crippen LogP contribution in [0.25, 0.3) is 10.1 Å². The van der Waals surface area contributed by atoms with Gasteiger partial charge in [0.2, 0.25) is 0 Å². The molecule has 114 valence electrons. The molecule has 6 heteroatoms. The molecule has 1 amide bonds. The van der Waals surface area contributed by atoms with Gasteiger partial charge in [-0.05, 0) is 19.9 Å². The standard InChI is InChI=1S/C16H16ClN3OS/c1-9(12-8-18-20(3)10(12)2)19-16(21)15-14(17)11-6-4-5-7-13(11)22-15/h4-9H,1-3H3,(H,19,21)/t9-/m0/s1. The van der Waals surface area contributed by atoms with Crippen molar-refractivity contribution >= 4 is 38.9 Å². The Bertz CT molecular complexity index is 852. The maximum Gasteiger partial charge on any atom is 0.263 e. The Balaban J connectivity index is 1.87. The van der Waals surface area contributed by atoms with Crippen LogP contribution in [0.5, 0.6) is 0 Å². The molecular formula is C16H16ClN3OS. The Kier molecular flexibility index (Phi) is 3.93. The van der Waals surface area contributed by atoms with Crippen molar-refractivity contribution in [2.45, 2.75) is 19.9 Å². The molecule has 2 aromatic heterocycles. The summed E-state index contributed by atoms with van der Waals surface area (Å²) in [6.45, 7) is 3.93. The number of halogens is 1. The molecule has 0 saturated carbocycles. The second-order valence-corrected chi connectivity index (χ2v) is 6.68. The predicted octanol–water partition coefficient (Wildman–Crippen LogP) is 4.09. The Morgan fingerprint density at radius 2 is 2.14 bits per heavy atom. The molecule has 0 fully saturated rings. The van der Waals surface area contributed by atoms with Gasteiger partial charge < -0.3 is 5.32 Å². The lowest BCUT2D eigenvalue weighted by Gasteiger charge is -2.13. The van der Waals surface area contributed by atoms with Crippen molar-refractivity contribution in [3.63, 3.8) is 0 Å². The summed E-state index contributed by atoms with van der Waals surface area (Å²) in [5.41, 5.74) is 2.04. The van der Waals surface area contributed by atoms with E-state index in [-0.39, 0.29) is 11.9 Å². The zero-order valence-electron chi connectivity index (χ0n) is 12.6. The number of thiophene rings is 1. The Morgan fingerprint density at radius 3 is 2.77 bits per heavy atom. The van der Waals surface area contributed by atoms with Crippen LogP contribution in [-0.2, 0) is 7.05 Å². The lowest BCUT2D eigenvalue weighted by atomic mass is 10.1. The zero-order chi connectivity index (χ0) is 15.9. The number of nitrogens with one attached hydrogen (secondary N) is 1. The van der Waals surface area contributed by atoms with Crippen LogP contribution in [0.4, 0.5) is 0 Å². The third-order valence-corrected chi connectivity index (χ3v) is 5.50. The topological polar surface area (TPSA) is 46.9 Å². The maximum absolute atomic E-state index is 12.5. The molecule has 0 aliphatic rings. The van der Waals surface area contributed by atoms with Gasteiger partial charge in [-0.3, -0.25) is 9.48 Å². The number of hydrogen-bond acceptors (Lipinski definition) is 3. The first-order chi connectivity index (χ1) is 10.5. The highest BCUT2D eigenvalue weighted by Crippen LogP contribution is 2.35. The summed E-state index contributed by atoms with van der Waals surface area (Å²) in [6.07, 6.45) is 1.78. The molecule has 1 atom stereocenters. The normalized spacial score (nSPS) is 12.5. The SMILES string of the molecule is Cc1c([C@H](C)NC(=O)c2sc3ccccc3c2Cl)cnn1C. The third-order valence-electron chi connectivity index (χ3n) is 3.83. The zero-order valence-corrected chi connectivity index (χ0v) is 14.1. The van der Waals surface area contributed by atoms with Gasteiger partial charge in [0.25, 0.3) is 5.91 Å². The van der Waals surface area contributed by atoms with E-state index in [9.17, 15) is 4.79 Å². The van der Waals surface area contributed by atoms with Gasteiger partial charge >= 0.3 is 0 Å². The van der Waals surface area contributed by atoms with E-state index >= 15 is 0 Å². The Hall–Kier alpha value is -1.85. The van der Waals surface area contributed by atoms with Crippen molar-refractivity contribution in [1.29, 1.82) is 0 Å². The second kappa shape index (κ2) is 5.74. The third kappa shape index (κ3) is 2.51. The smallest absolute Gasteiger partial charge is 0.263 e. The molecule has 3 rings (SSSR count). The predicted molar refractivity (Wildman–Crippen MR) is 90.7 cm³/mol. The number of aromatic nitrogens is 2. The van der Waals surface area contributed by atoms with Crippen LogP contribution in [0.1, 0.15) is 33.9 Å². The van der Waals surface area contributed by atoms with Crippen molar-refractivity contribution in [1.82, 2.24) is 15.1 Å². The summed E-state index contributed by atoms with van der Waals surface area (Å²) in [4.78, 5) is 13.1. The molecule has 2 heterocycles. The molecule has 4 nitrogen and oxygen atoms in total. The number of fused-ring (bicyclic) bond motifs is 1. The number of benzene rings is 1. The van der Waals surface area contributed by atoms with Crippen LogP contribution in [0, 0.1) is 6.92 Å². The first-order valence-electron chi connectivity index (χ1n) is 6.95. The molecule has 1 aromatic carbocycles. The van der Waals surface area contributed by atoms with Crippen LogP contribution in [-0.4, -0.2) is 15.7 Å². The molecule has 0 aliphatic carbocycles. The van der Waals surface area contributed by atoms with Crippen LogP contribution in [0.3, 0.4) is 0 Å². The van der Waals surface area contributed by atoms with Gasteiger partial charge in [0.1, 0.15) is 4.88 Å². The summed E-state index contributed by atoms with van der Waals surface area (Å²) in [5.74, 6) is -0.151. The number of nitrogens with zero attached hydrogens (tertiary/aromatic N) is 2. The first kappa shape index (κ1) is 15.1. The molecule has 0 unspecified atom stereocenters. The second-order valence-electron chi connectivity index (χ2n) is 5.25. The van der Waals surface area contributed by atoms with Crippen LogP contribution in [0.15, 0.2) is 30.5 Å². The largest absolute Gasteiger partial charge is 0.345 e. The fourth-order valence-corrected chi connectivity index (χ4v) is 3.86. The quantitative estimate of drug-likeness (QED) is 0.784. The highest BCUT2D eigenvalue weighted by atomic mass is 35.5. The summed E-state index contributed by atoms with van der Waals surface area (Å²) in [5, 5.41) is 8.66. The van der Waals surface area contributed by atoms with Crippen molar-refractivity contribution in [2.75, 3.05) is 0 Å². The Morgan fingerprint density at radius 1 is 1.41 bits per heavy atom. The van der Waals surface area contributed by atoms with Gasteiger partial charge in [-0.15, -0.1) is 11.3 Å². The number of carbonyl (C=O) groups is 1. The molecule has 22 heavy (non-hydrogen) atoms. The number of rotatable bonds is 3. The van der Waals surface area contributed by atoms with Gasteiger partial charge in [0.15, 0.2) is 0 Å². The van der Waals surface area contributed by atoms with Crippen LogP contribution < -0.4 is 5.32 Å². The van der Waals surface area contributed by atoms with E-state index in [1.165, 1.54) is 11.3 Å². The number of amides is 1. The minimum absolute atomic E-state index is 0.123. The van der Waals surface area contributed by atoms with E-state index in [4.69, 9.17) is 11.6 Å². The molecule has 0 aliphatic heterocycles.